The third kappa shape index (κ3) is 3.05. The number of carbonyl (C=O) groups excluding carboxylic acids is 3. The molecule has 1 heterocycles. The van der Waals surface area contributed by atoms with Gasteiger partial charge in [-0.15, -0.1) is 0 Å². The molecule has 2 fully saturated rings. The van der Waals surface area contributed by atoms with E-state index in [1.165, 1.54) is 25.3 Å². The van der Waals surface area contributed by atoms with E-state index in [1.54, 1.807) is 6.92 Å². The summed E-state index contributed by atoms with van der Waals surface area (Å²) in [5.41, 5.74) is -0.0884. The topological polar surface area (TPSA) is 119 Å². The van der Waals surface area contributed by atoms with Crippen molar-refractivity contribution in [2.45, 2.75) is 32.2 Å². The van der Waals surface area contributed by atoms with Crippen molar-refractivity contribution in [3.63, 3.8) is 0 Å². The third-order valence-corrected chi connectivity index (χ3v) is 6.45. The van der Waals surface area contributed by atoms with E-state index in [0.717, 1.165) is 17.7 Å². The number of nitrogens with one attached hydrogen (secondary N) is 1. The Morgan fingerprint density at radius 2 is 1.83 bits per heavy atom. The lowest BCUT2D eigenvalue weighted by molar-refractivity contribution is -0.384. The van der Waals surface area contributed by atoms with E-state index < -0.39 is 28.7 Å². The second kappa shape index (κ2) is 7.55. The zero-order chi connectivity index (χ0) is 21.6. The van der Waals surface area contributed by atoms with Crippen molar-refractivity contribution in [1.29, 1.82) is 0 Å². The number of nitro groups is 1. The zero-order valence-corrected chi connectivity index (χ0v) is 16.7. The van der Waals surface area contributed by atoms with E-state index in [1.807, 2.05) is 12.2 Å². The lowest BCUT2D eigenvalue weighted by Crippen LogP contribution is -2.47. The Balaban J connectivity index is 1.60. The molecule has 0 unspecified atom stereocenters. The molecule has 0 spiro atoms. The number of non-ortho nitro benzene ring substituents is 1. The molecule has 30 heavy (non-hydrogen) atoms. The van der Waals surface area contributed by atoms with Crippen LogP contribution in [0.3, 0.4) is 0 Å². The average Bonchev–Trinajstić information content (AvgIpc) is 3.02. The van der Waals surface area contributed by atoms with Gasteiger partial charge in [0.25, 0.3) is 5.69 Å². The first kappa shape index (κ1) is 20.1. The third-order valence-electron chi connectivity index (χ3n) is 6.45. The van der Waals surface area contributed by atoms with Gasteiger partial charge in [-0.05, 0) is 37.2 Å². The van der Waals surface area contributed by atoms with Crippen molar-refractivity contribution in [3.05, 3.63) is 40.5 Å². The molecule has 1 saturated carbocycles. The summed E-state index contributed by atoms with van der Waals surface area (Å²) in [5, 5.41) is 13.7. The lowest BCUT2D eigenvalue weighted by atomic mass is 9.63. The second-order valence-corrected chi connectivity index (χ2v) is 7.94. The molecule has 158 valence electrons. The number of fused-ring (bicyclic) bond motifs is 1. The molecule has 1 saturated heterocycles. The highest BCUT2D eigenvalue weighted by molar-refractivity contribution is 6.10. The molecule has 4 aliphatic rings. The first-order chi connectivity index (χ1) is 14.4. The minimum atomic E-state index is -0.987. The molecule has 9 nitrogen and oxygen atoms in total. The van der Waals surface area contributed by atoms with Gasteiger partial charge < -0.3 is 10.1 Å². The van der Waals surface area contributed by atoms with Crippen molar-refractivity contribution in [3.8, 4) is 5.75 Å². The standard InChI is InChI=1S/C21H23N3O6/c1-3-15(19(25)22-14-10-13(24(28)29)8-9-16(14)30-2)23-20(26)17-11-4-5-12(7-6-11)18(17)21(23)27/h4-5,8-12,15,17-18H,3,6-7H2,1-2H3,(H,22,25)/t11-,12-,15-,17-,18+/m0/s1. The Hall–Kier alpha value is -3.23. The molecule has 1 aromatic carbocycles. The normalized spacial score (nSPS) is 27.7. The van der Waals surface area contributed by atoms with Crippen LogP contribution in [0.5, 0.6) is 5.75 Å². The number of likely N-dealkylation sites (tertiary alicyclic amines) is 1. The van der Waals surface area contributed by atoms with Gasteiger partial charge in [0.15, 0.2) is 0 Å². The summed E-state index contributed by atoms with van der Waals surface area (Å²) in [7, 11) is 1.38. The Kier molecular flexibility index (Phi) is 5.05. The maximum atomic E-state index is 13.1. The van der Waals surface area contributed by atoms with E-state index in [0.29, 0.717) is 0 Å². The number of imide groups is 1. The Bertz CT molecular complexity index is 926. The summed E-state index contributed by atoms with van der Waals surface area (Å²) < 4.78 is 5.18. The summed E-state index contributed by atoms with van der Waals surface area (Å²) >= 11 is 0. The minimum absolute atomic E-state index is 0.0406. The number of hydrogen-bond acceptors (Lipinski definition) is 6. The number of carbonyl (C=O) groups is 3. The van der Waals surface area contributed by atoms with Crippen LogP contribution >= 0.6 is 0 Å². The number of nitro benzene ring substituents is 1. The Labute approximate surface area is 173 Å². The SMILES string of the molecule is CC[C@@H](C(=O)Nc1cc([N+](=O)[O-])ccc1OC)N1C(=O)[C@@H]2[C@H](C1=O)[C@H]1C=C[C@H]2CC1. The quantitative estimate of drug-likeness (QED) is 0.331. The summed E-state index contributed by atoms with van der Waals surface area (Å²) in [4.78, 5) is 51.0. The maximum absolute atomic E-state index is 13.1. The number of benzene rings is 1. The van der Waals surface area contributed by atoms with Gasteiger partial charge in [0, 0.05) is 12.1 Å². The van der Waals surface area contributed by atoms with Gasteiger partial charge in [0.1, 0.15) is 11.8 Å². The Morgan fingerprint density at radius 1 is 1.23 bits per heavy atom. The van der Waals surface area contributed by atoms with Crippen molar-refractivity contribution < 1.29 is 24.0 Å². The number of allylic oxidation sites excluding steroid dienone is 2. The predicted octanol–water partition coefficient (Wildman–Crippen LogP) is 2.52. The highest BCUT2D eigenvalue weighted by atomic mass is 16.6. The second-order valence-electron chi connectivity index (χ2n) is 7.94. The Morgan fingerprint density at radius 3 is 2.30 bits per heavy atom. The smallest absolute Gasteiger partial charge is 0.271 e. The summed E-state index contributed by atoms with van der Waals surface area (Å²) in [5.74, 6) is -1.62. The van der Waals surface area contributed by atoms with Crippen LogP contribution in [0.15, 0.2) is 30.4 Å². The minimum Gasteiger partial charge on any atom is -0.495 e. The van der Waals surface area contributed by atoms with Crippen LogP contribution in [-0.2, 0) is 14.4 Å². The lowest BCUT2D eigenvalue weighted by Gasteiger charge is -2.38. The van der Waals surface area contributed by atoms with Crippen molar-refractivity contribution in [2.75, 3.05) is 12.4 Å². The van der Waals surface area contributed by atoms with Crippen LogP contribution < -0.4 is 10.1 Å². The zero-order valence-electron chi connectivity index (χ0n) is 16.7. The molecule has 3 aliphatic carbocycles. The van der Waals surface area contributed by atoms with Gasteiger partial charge in [0.2, 0.25) is 17.7 Å². The number of nitrogens with zero attached hydrogens (tertiary/aromatic N) is 2. The molecular formula is C21H23N3O6. The summed E-state index contributed by atoms with van der Waals surface area (Å²) in [6, 6.07) is 2.87. The van der Waals surface area contributed by atoms with Crippen LogP contribution in [0.25, 0.3) is 0 Å². The highest BCUT2D eigenvalue weighted by Crippen LogP contribution is 2.50. The van der Waals surface area contributed by atoms with E-state index in [2.05, 4.69) is 5.32 Å². The van der Waals surface area contributed by atoms with Gasteiger partial charge >= 0.3 is 0 Å². The number of rotatable bonds is 6. The number of hydrogen-bond donors (Lipinski definition) is 1. The van der Waals surface area contributed by atoms with Gasteiger partial charge in [-0.25, -0.2) is 0 Å². The number of anilines is 1. The molecule has 9 heteroatoms. The molecule has 2 bridgehead atoms. The fraction of sp³-hybridized carbons (Fsp3) is 0.476. The average molecular weight is 413 g/mol. The summed E-state index contributed by atoms with van der Waals surface area (Å²) in [6.45, 7) is 1.73. The van der Waals surface area contributed by atoms with Gasteiger partial charge in [-0.1, -0.05) is 19.1 Å². The van der Waals surface area contributed by atoms with Crippen LogP contribution in [0.1, 0.15) is 26.2 Å². The maximum Gasteiger partial charge on any atom is 0.271 e. The molecule has 3 amide bonds. The molecule has 1 N–H and O–H groups in total. The van der Waals surface area contributed by atoms with Crippen LogP contribution in [0, 0.1) is 33.8 Å². The largest absolute Gasteiger partial charge is 0.495 e. The molecular weight excluding hydrogens is 390 g/mol. The highest BCUT2D eigenvalue weighted by Gasteiger charge is 2.58. The fourth-order valence-electron chi connectivity index (χ4n) is 5.01. The predicted molar refractivity (Wildman–Crippen MR) is 107 cm³/mol. The first-order valence-electron chi connectivity index (χ1n) is 10.1. The molecule has 5 atom stereocenters. The van der Waals surface area contributed by atoms with E-state index in [-0.39, 0.29) is 47.2 Å². The fourth-order valence-corrected chi connectivity index (χ4v) is 5.01. The molecule has 1 aliphatic heterocycles. The molecule has 0 aromatic heterocycles. The van der Waals surface area contributed by atoms with E-state index in [4.69, 9.17) is 4.74 Å². The van der Waals surface area contributed by atoms with Crippen molar-refractivity contribution in [2.24, 2.45) is 23.7 Å². The van der Waals surface area contributed by atoms with Crippen LogP contribution in [0.2, 0.25) is 0 Å². The number of methoxy groups -OCH3 is 1. The van der Waals surface area contributed by atoms with Crippen molar-refractivity contribution >= 4 is 29.1 Å². The number of amides is 3. The van der Waals surface area contributed by atoms with Gasteiger partial charge in [0.05, 0.1) is 29.6 Å². The van der Waals surface area contributed by atoms with Gasteiger partial charge in [-0.3, -0.25) is 29.4 Å². The van der Waals surface area contributed by atoms with Crippen LogP contribution in [-0.4, -0.2) is 40.7 Å². The molecule has 1 aromatic rings. The summed E-state index contributed by atoms with van der Waals surface area (Å²) in [6.07, 6.45) is 6.05. The van der Waals surface area contributed by atoms with E-state index >= 15 is 0 Å². The van der Waals surface area contributed by atoms with Crippen molar-refractivity contribution in [1.82, 2.24) is 4.90 Å². The molecule has 0 radical (unpaired) electrons. The monoisotopic (exact) mass is 413 g/mol. The van der Waals surface area contributed by atoms with Crippen LogP contribution in [0.4, 0.5) is 11.4 Å². The molecule has 5 rings (SSSR count). The van der Waals surface area contributed by atoms with E-state index in [9.17, 15) is 24.5 Å². The van der Waals surface area contributed by atoms with Gasteiger partial charge in [-0.2, -0.15) is 0 Å². The first-order valence-corrected chi connectivity index (χ1v) is 10.1. The number of ether oxygens (including phenoxy) is 1.